The van der Waals surface area contributed by atoms with Gasteiger partial charge in [0, 0.05) is 28.3 Å². The van der Waals surface area contributed by atoms with Crippen molar-refractivity contribution >= 4 is 17.2 Å². The highest BCUT2D eigenvalue weighted by Gasteiger charge is 2.06. The van der Waals surface area contributed by atoms with Crippen LogP contribution in [0.25, 0.3) is 0 Å². The lowest BCUT2D eigenvalue weighted by Gasteiger charge is -2.08. The summed E-state index contributed by atoms with van der Waals surface area (Å²) in [5.41, 5.74) is 1.98. The van der Waals surface area contributed by atoms with Gasteiger partial charge in [0.1, 0.15) is 0 Å². The fraction of sp³-hybridized carbons (Fsp3) is 0.353. The number of rotatable bonds is 5. The van der Waals surface area contributed by atoms with Crippen molar-refractivity contribution in [2.75, 3.05) is 6.54 Å². The van der Waals surface area contributed by atoms with Gasteiger partial charge in [0.25, 0.3) is 5.91 Å². The van der Waals surface area contributed by atoms with Gasteiger partial charge in [-0.05, 0) is 42.7 Å². The molecule has 0 saturated carbocycles. The lowest BCUT2D eigenvalue weighted by atomic mass is 10.1. The first-order chi connectivity index (χ1) is 9.54. The lowest BCUT2D eigenvalue weighted by molar-refractivity contribution is 0.0949. The number of benzene rings is 1. The molecule has 0 aliphatic carbocycles. The molecule has 106 valence electrons. The first-order valence-electron chi connectivity index (χ1n) is 6.97. The van der Waals surface area contributed by atoms with E-state index in [9.17, 15) is 4.79 Å². The number of hydrogen-bond donors (Lipinski definition) is 1. The molecule has 0 atom stereocenters. The zero-order valence-electron chi connectivity index (χ0n) is 12.3. The van der Waals surface area contributed by atoms with E-state index >= 15 is 0 Å². The van der Waals surface area contributed by atoms with Gasteiger partial charge in [-0.15, -0.1) is 11.3 Å². The second kappa shape index (κ2) is 6.71. The highest BCUT2D eigenvalue weighted by atomic mass is 32.1. The number of hydrogen-bond acceptors (Lipinski definition) is 2. The molecule has 1 heterocycles. The van der Waals surface area contributed by atoms with Gasteiger partial charge in [0.2, 0.25) is 0 Å². The van der Waals surface area contributed by atoms with E-state index in [1.54, 1.807) is 0 Å². The summed E-state index contributed by atoms with van der Waals surface area (Å²) in [6.07, 6.45) is 0.937. The average Bonchev–Trinajstić information content (AvgIpc) is 2.82. The minimum Gasteiger partial charge on any atom is -0.352 e. The average molecular weight is 287 g/mol. The number of nitrogens with one attached hydrogen (secondary N) is 1. The topological polar surface area (TPSA) is 29.1 Å². The number of aryl methyl sites for hydroxylation is 1. The minimum atomic E-state index is 0.0113. The fourth-order valence-electron chi connectivity index (χ4n) is 1.95. The van der Waals surface area contributed by atoms with Crippen molar-refractivity contribution in [2.24, 2.45) is 5.92 Å². The van der Waals surface area contributed by atoms with Gasteiger partial charge < -0.3 is 5.32 Å². The zero-order chi connectivity index (χ0) is 14.5. The van der Waals surface area contributed by atoms with Gasteiger partial charge >= 0.3 is 0 Å². The predicted molar refractivity (Wildman–Crippen MR) is 85.5 cm³/mol. The summed E-state index contributed by atoms with van der Waals surface area (Å²) in [6, 6.07) is 12.2. The SMILES string of the molecule is Cc1ccc(Cc2ccc(C(=O)NCC(C)C)cc2)s1. The Hall–Kier alpha value is -1.61. The van der Waals surface area contributed by atoms with Crippen molar-refractivity contribution < 1.29 is 4.79 Å². The van der Waals surface area contributed by atoms with E-state index in [4.69, 9.17) is 0 Å². The molecule has 0 saturated heterocycles. The van der Waals surface area contributed by atoms with E-state index in [1.165, 1.54) is 15.3 Å². The van der Waals surface area contributed by atoms with Crippen LogP contribution in [0.5, 0.6) is 0 Å². The van der Waals surface area contributed by atoms with E-state index in [2.05, 4.69) is 38.2 Å². The van der Waals surface area contributed by atoms with E-state index < -0.39 is 0 Å². The van der Waals surface area contributed by atoms with Crippen molar-refractivity contribution in [1.29, 1.82) is 0 Å². The third kappa shape index (κ3) is 4.20. The second-order valence-electron chi connectivity index (χ2n) is 5.49. The predicted octanol–water partition coefficient (Wildman–Crippen LogP) is 4.03. The molecule has 0 aliphatic rings. The van der Waals surface area contributed by atoms with Crippen molar-refractivity contribution in [2.45, 2.75) is 27.2 Å². The van der Waals surface area contributed by atoms with Crippen LogP contribution in [-0.4, -0.2) is 12.5 Å². The van der Waals surface area contributed by atoms with Crippen molar-refractivity contribution in [3.63, 3.8) is 0 Å². The Morgan fingerprint density at radius 1 is 1.15 bits per heavy atom. The fourth-order valence-corrected chi connectivity index (χ4v) is 2.88. The summed E-state index contributed by atoms with van der Waals surface area (Å²) in [4.78, 5) is 14.6. The van der Waals surface area contributed by atoms with E-state index in [0.29, 0.717) is 5.92 Å². The van der Waals surface area contributed by atoms with Crippen LogP contribution in [0, 0.1) is 12.8 Å². The summed E-state index contributed by atoms with van der Waals surface area (Å²) in [5.74, 6) is 0.484. The Balaban J connectivity index is 1.97. The first-order valence-corrected chi connectivity index (χ1v) is 7.78. The molecule has 2 aromatic rings. The zero-order valence-corrected chi connectivity index (χ0v) is 13.1. The van der Waals surface area contributed by atoms with Gasteiger partial charge in [-0.2, -0.15) is 0 Å². The largest absolute Gasteiger partial charge is 0.352 e. The van der Waals surface area contributed by atoms with Crippen LogP contribution in [0.15, 0.2) is 36.4 Å². The van der Waals surface area contributed by atoms with Crippen molar-refractivity contribution in [3.8, 4) is 0 Å². The summed E-state index contributed by atoms with van der Waals surface area (Å²) in [7, 11) is 0. The maximum Gasteiger partial charge on any atom is 0.251 e. The molecular weight excluding hydrogens is 266 g/mol. The molecule has 1 aromatic heterocycles. The molecule has 3 heteroatoms. The highest BCUT2D eigenvalue weighted by Crippen LogP contribution is 2.19. The van der Waals surface area contributed by atoms with Gasteiger partial charge in [-0.3, -0.25) is 4.79 Å². The molecule has 0 radical (unpaired) electrons. The van der Waals surface area contributed by atoms with Gasteiger partial charge in [0.05, 0.1) is 0 Å². The van der Waals surface area contributed by atoms with Crippen LogP contribution in [0.3, 0.4) is 0 Å². The number of amides is 1. The molecule has 1 N–H and O–H groups in total. The van der Waals surface area contributed by atoms with Crippen LogP contribution in [0.4, 0.5) is 0 Å². The quantitative estimate of drug-likeness (QED) is 0.883. The number of carbonyl (C=O) groups is 1. The molecule has 0 bridgehead atoms. The maximum absolute atomic E-state index is 11.9. The van der Waals surface area contributed by atoms with Crippen molar-refractivity contribution in [3.05, 3.63) is 57.3 Å². The lowest BCUT2D eigenvalue weighted by Crippen LogP contribution is -2.27. The molecule has 0 spiro atoms. The Morgan fingerprint density at radius 3 is 2.40 bits per heavy atom. The third-order valence-electron chi connectivity index (χ3n) is 3.06. The van der Waals surface area contributed by atoms with Crippen LogP contribution in [0.1, 0.15) is 39.5 Å². The summed E-state index contributed by atoms with van der Waals surface area (Å²) >= 11 is 1.83. The Morgan fingerprint density at radius 2 is 1.85 bits per heavy atom. The molecule has 20 heavy (non-hydrogen) atoms. The van der Waals surface area contributed by atoms with Crippen LogP contribution in [0.2, 0.25) is 0 Å². The maximum atomic E-state index is 11.9. The molecule has 2 nitrogen and oxygen atoms in total. The third-order valence-corrected chi connectivity index (χ3v) is 4.06. The molecule has 0 fully saturated rings. The molecule has 0 unspecified atom stereocenters. The Kier molecular flexibility index (Phi) is 4.96. The van der Waals surface area contributed by atoms with E-state index in [0.717, 1.165) is 18.5 Å². The van der Waals surface area contributed by atoms with Gasteiger partial charge in [-0.1, -0.05) is 26.0 Å². The summed E-state index contributed by atoms with van der Waals surface area (Å²) in [6.45, 7) is 7.02. The Bertz CT molecular complexity index is 569. The molecule has 0 aliphatic heterocycles. The van der Waals surface area contributed by atoms with Crippen LogP contribution in [-0.2, 0) is 6.42 Å². The number of carbonyl (C=O) groups excluding carboxylic acids is 1. The standard InChI is InChI=1S/C17H21NOS/c1-12(2)11-18-17(19)15-7-5-14(6-8-15)10-16-9-4-13(3)20-16/h4-9,12H,10-11H2,1-3H3,(H,18,19). The highest BCUT2D eigenvalue weighted by molar-refractivity contribution is 7.11. The summed E-state index contributed by atoms with van der Waals surface area (Å²) in [5, 5.41) is 2.93. The smallest absolute Gasteiger partial charge is 0.251 e. The molecule has 2 rings (SSSR count). The van der Waals surface area contributed by atoms with Crippen LogP contribution < -0.4 is 5.32 Å². The van der Waals surface area contributed by atoms with Gasteiger partial charge in [0.15, 0.2) is 0 Å². The van der Waals surface area contributed by atoms with E-state index in [1.807, 2.05) is 35.6 Å². The van der Waals surface area contributed by atoms with Gasteiger partial charge in [-0.25, -0.2) is 0 Å². The first kappa shape index (κ1) is 14.8. The number of thiophene rings is 1. The van der Waals surface area contributed by atoms with Crippen molar-refractivity contribution in [1.82, 2.24) is 5.32 Å². The monoisotopic (exact) mass is 287 g/mol. The molecular formula is C17H21NOS. The normalized spacial score (nSPS) is 10.8. The second-order valence-corrected chi connectivity index (χ2v) is 6.86. The molecule has 1 aromatic carbocycles. The Labute approximate surface area is 124 Å². The van der Waals surface area contributed by atoms with Crippen LogP contribution >= 0.6 is 11.3 Å². The summed E-state index contributed by atoms with van der Waals surface area (Å²) < 4.78 is 0. The molecule has 1 amide bonds. The van der Waals surface area contributed by atoms with E-state index in [-0.39, 0.29) is 5.91 Å². The minimum absolute atomic E-state index is 0.0113.